The summed E-state index contributed by atoms with van der Waals surface area (Å²) in [7, 11) is 0. The molecule has 2 N–H and O–H groups in total. The molecule has 0 radical (unpaired) electrons. The Labute approximate surface area is 174 Å². The van der Waals surface area contributed by atoms with Crippen molar-refractivity contribution in [2.75, 3.05) is 0 Å². The molecule has 0 unspecified atom stereocenters. The minimum atomic E-state index is -4.66. The predicted octanol–water partition coefficient (Wildman–Crippen LogP) is 5.44. The van der Waals surface area contributed by atoms with Crippen molar-refractivity contribution >= 4 is 11.0 Å². The highest BCUT2D eigenvalue weighted by molar-refractivity contribution is 5.82. The standard InChI is InChI=1S/C18H12F4N4O2.CHF3/c19-15-10(3-1-9-2-6-13(27)12(7-9)18(20,21)22)4-5-11-8-14(28-16(11)15)17-23-25-26-24-17;2-1(3)4/h2,4-8,27H,1,3H2,(H,23,24,25,26);1H. The molecule has 0 atom stereocenters. The molecule has 2 heterocycles. The van der Waals surface area contributed by atoms with Gasteiger partial charge >= 0.3 is 12.9 Å². The summed E-state index contributed by atoms with van der Waals surface area (Å²) in [5.74, 6) is -1.01. The first-order chi connectivity index (χ1) is 15.1. The van der Waals surface area contributed by atoms with Gasteiger partial charge in [0.1, 0.15) is 5.75 Å². The van der Waals surface area contributed by atoms with Gasteiger partial charge in [0.05, 0.1) is 5.56 Å². The number of tetrazole rings is 1. The van der Waals surface area contributed by atoms with Gasteiger partial charge in [-0.1, -0.05) is 18.2 Å². The minimum absolute atomic E-state index is 0.0130. The zero-order valence-electron chi connectivity index (χ0n) is 15.8. The van der Waals surface area contributed by atoms with Gasteiger partial charge < -0.3 is 9.52 Å². The monoisotopic (exact) mass is 462 g/mol. The lowest BCUT2D eigenvalue weighted by Crippen LogP contribution is -2.06. The fourth-order valence-electron chi connectivity index (χ4n) is 2.92. The van der Waals surface area contributed by atoms with Crippen molar-refractivity contribution < 1.29 is 40.3 Å². The number of aromatic nitrogens is 4. The summed E-state index contributed by atoms with van der Waals surface area (Å²) < 4.78 is 88.0. The Kier molecular flexibility index (Phi) is 6.65. The van der Waals surface area contributed by atoms with Crippen LogP contribution in [0.2, 0.25) is 0 Å². The first-order valence-corrected chi connectivity index (χ1v) is 8.82. The lowest BCUT2D eigenvalue weighted by molar-refractivity contribution is -0.138. The molecule has 0 fully saturated rings. The number of furan rings is 1. The zero-order chi connectivity index (χ0) is 23.5. The number of rotatable bonds is 4. The van der Waals surface area contributed by atoms with Gasteiger partial charge in [0, 0.05) is 5.39 Å². The number of aromatic amines is 1. The Morgan fingerprint density at radius 3 is 2.38 bits per heavy atom. The maximum atomic E-state index is 14.8. The number of aryl methyl sites for hydroxylation is 2. The molecule has 0 amide bonds. The number of hydrogen-bond donors (Lipinski definition) is 2. The van der Waals surface area contributed by atoms with Crippen LogP contribution in [0.25, 0.3) is 22.6 Å². The third kappa shape index (κ3) is 5.34. The fraction of sp³-hybridized carbons (Fsp3) is 0.211. The average Bonchev–Trinajstić information content (AvgIpc) is 3.37. The topological polar surface area (TPSA) is 87.8 Å². The van der Waals surface area contributed by atoms with E-state index in [2.05, 4.69) is 20.6 Å². The SMILES string of the molecule is FC(F)F.Oc1ccc(CCc2ccc3cc(-c4nn[nH]n4)oc3c2F)cc1C(F)(F)F. The molecule has 0 bridgehead atoms. The molecule has 4 rings (SSSR count). The predicted molar refractivity (Wildman–Crippen MR) is 97.0 cm³/mol. The molecule has 0 saturated heterocycles. The number of halogens is 7. The molecule has 2 aromatic heterocycles. The first-order valence-electron chi connectivity index (χ1n) is 8.82. The molecule has 0 aliphatic rings. The first kappa shape index (κ1) is 23.0. The Hall–Kier alpha value is -3.64. The lowest BCUT2D eigenvalue weighted by atomic mass is 10.0. The molecule has 0 saturated carbocycles. The Morgan fingerprint density at radius 1 is 1.03 bits per heavy atom. The van der Waals surface area contributed by atoms with Crippen LogP contribution in [-0.2, 0) is 19.0 Å². The summed E-state index contributed by atoms with van der Waals surface area (Å²) in [5.41, 5.74) is -0.476. The van der Waals surface area contributed by atoms with E-state index in [4.69, 9.17) is 4.42 Å². The Bertz CT molecular complexity index is 1190. The number of nitrogens with zero attached hydrogens (tertiary/aromatic N) is 3. The summed E-state index contributed by atoms with van der Waals surface area (Å²) in [5, 5.41) is 23.1. The second kappa shape index (κ2) is 9.24. The van der Waals surface area contributed by atoms with E-state index in [1.807, 2.05) is 0 Å². The summed E-state index contributed by atoms with van der Waals surface area (Å²) in [6.45, 7) is -3.67. The molecule has 13 heteroatoms. The van der Waals surface area contributed by atoms with Crippen LogP contribution >= 0.6 is 0 Å². The van der Waals surface area contributed by atoms with Crippen molar-refractivity contribution in [1.82, 2.24) is 20.6 Å². The van der Waals surface area contributed by atoms with Crippen molar-refractivity contribution in [1.29, 1.82) is 0 Å². The zero-order valence-corrected chi connectivity index (χ0v) is 15.8. The highest BCUT2D eigenvalue weighted by Crippen LogP contribution is 2.36. The lowest BCUT2D eigenvalue weighted by Gasteiger charge is -2.11. The molecular weight excluding hydrogens is 449 g/mol. The highest BCUT2D eigenvalue weighted by atomic mass is 19.4. The molecule has 0 aliphatic heterocycles. The van der Waals surface area contributed by atoms with Crippen LogP contribution in [0.4, 0.5) is 30.7 Å². The van der Waals surface area contributed by atoms with E-state index in [-0.39, 0.29) is 30.0 Å². The van der Waals surface area contributed by atoms with Crippen LogP contribution < -0.4 is 0 Å². The van der Waals surface area contributed by atoms with Gasteiger partial charge in [0.2, 0.25) is 5.82 Å². The molecular formula is C19H13F7N4O2. The number of hydrogen-bond acceptors (Lipinski definition) is 5. The Balaban J connectivity index is 0.000000668. The number of phenolic OH excluding ortho intramolecular Hbond substituents is 1. The average molecular weight is 462 g/mol. The molecule has 0 aliphatic carbocycles. The van der Waals surface area contributed by atoms with E-state index >= 15 is 0 Å². The van der Waals surface area contributed by atoms with Crippen molar-refractivity contribution in [2.24, 2.45) is 0 Å². The van der Waals surface area contributed by atoms with Crippen molar-refractivity contribution in [2.45, 2.75) is 25.7 Å². The smallest absolute Gasteiger partial charge is 0.419 e. The van der Waals surface area contributed by atoms with Gasteiger partial charge in [0.15, 0.2) is 17.2 Å². The number of phenols is 1. The summed E-state index contributed by atoms with van der Waals surface area (Å²) in [4.78, 5) is 0. The highest BCUT2D eigenvalue weighted by Gasteiger charge is 2.34. The minimum Gasteiger partial charge on any atom is -0.507 e. The van der Waals surface area contributed by atoms with Crippen LogP contribution in [0.5, 0.6) is 5.75 Å². The summed E-state index contributed by atoms with van der Waals surface area (Å²) in [6, 6.07) is 8.01. The third-order valence-corrected chi connectivity index (χ3v) is 4.32. The van der Waals surface area contributed by atoms with E-state index in [1.54, 1.807) is 18.2 Å². The molecule has 32 heavy (non-hydrogen) atoms. The third-order valence-electron chi connectivity index (χ3n) is 4.32. The number of aromatic hydroxyl groups is 1. The summed E-state index contributed by atoms with van der Waals surface area (Å²) in [6.07, 6.45) is -4.35. The molecule has 6 nitrogen and oxygen atoms in total. The van der Waals surface area contributed by atoms with Crippen LogP contribution in [0, 0.1) is 5.82 Å². The van der Waals surface area contributed by atoms with E-state index in [9.17, 15) is 35.8 Å². The second-order valence-corrected chi connectivity index (χ2v) is 6.40. The number of nitrogens with one attached hydrogen (secondary N) is 1. The van der Waals surface area contributed by atoms with Gasteiger partial charge in [-0.05, 0) is 47.4 Å². The second-order valence-electron chi connectivity index (χ2n) is 6.40. The van der Waals surface area contributed by atoms with Gasteiger partial charge in [-0.25, -0.2) is 4.39 Å². The Morgan fingerprint density at radius 2 is 1.75 bits per heavy atom. The van der Waals surface area contributed by atoms with Gasteiger partial charge in [-0.15, -0.1) is 10.2 Å². The van der Waals surface area contributed by atoms with Gasteiger partial charge in [-0.2, -0.15) is 31.6 Å². The molecule has 4 aromatic rings. The normalized spacial score (nSPS) is 11.6. The van der Waals surface area contributed by atoms with E-state index in [1.165, 1.54) is 6.07 Å². The molecule has 0 spiro atoms. The summed E-state index contributed by atoms with van der Waals surface area (Å²) >= 11 is 0. The van der Waals surface area contributed by atoms with Gasteiger partial charge in [0.25, 0.3) is 0 Å². The van der Waals surface area contributed by atoms with E-state index < -0.39 is 30.0 Å². The fourth-order valence-corrected chi connectivity index (χ4v) is 2.92. The van der Waals surface area contributed by atoms with Crippen LogP contribution in [-0.4, -0.2) is 32.4 Å². The quantitative estimate of drug-likeness (QED) is 0.395. The van der Waals surface area contributed by atoms with Crippen molar-refractivity contribution in [3.8, 4) is 17.3 Å². The van der Waals surface area contributed by atoms with E-state index in [0.29, 0.717) is 16.5 Å². The van der Waals surface area contributed by atoms with E-state index in [0.717, 1.165) is 12.1 Å². The number of benzene rings is 2. The molecule has 2 aromatic carbocycles. The van der Waals surface area contributed by atoms with Gasteiger partial charge in [-0.3, -0.25) is 0 Å². The molecule has 170 valence electrons. The largest absolute Gasteiger partial charge is 0.507 e. The van der Waals surface area contributed by atoms with Crippen LogP contribution in [0.15, 0.2) is 40.8 Å². The maximum absolute atomic E-state index is 14.8. The van der Waals surface area contributed by atoms with Crippen molar-refractivity contribution in [3.05, 3.63) is 58.9 Å². The maximum Gasteiger partial charge on any atom is 0.419 e. The number of alkyl halides is 6. The number of H-pyrrole nitrogens is 1. The van der Waals surface area contributed by atoms with Crippen LogP contribution in [0.1, 0.15) is 16.7 Å². The van der Waals surface area contributed by atoms with Crippen LogP contribution in [0.3, 0.4) is 0 Å². The van der Waals surface area contributed by atoms with Crippen molar-refractivity contribution in [3.63, 3.8) is 0 Å². The number of fused-ring (bicyclic) bond motifs is 1.